The van der Waals surface area contributed by atoms with Crippen LogP contribution in [0.2, 0.25) is 5.02 Å². The third-order valence-corrected chi connectivity index (χ3v) is 3.28. The maximum Gasteiger partial charge on any atom is 0.277 e. The van der Waals surface area contributed by atoms with Gasteiger partial charge in [0.15, 0.2) is 0 Å². The van der Waals surface area contributed by atoms with Gasteiger partial charge < -0.3 is 9.73 Å². The van der Waals surface area contributed by atoms with Crippen LogP contribution in [-0.2, 0) is 16.1 Å². The molecule has 106 valence electrons. The highest BCUT2D eigenvalue weighted by Gasteiger charge is 2.31. The lowest BCUT2D eigenvalue weighted by Gasteiger charge is -2.13. The first-order valence-corrected chi connectivity index (χ1v) is 6.64. The summed E-state index contributed by atoms with van der Waals surface area (Å²) in [6.07, 6.45) is 2.78. The Hall–Kier alpha value is -2.53. The average Bonchev–Trinajstić information content (AvgIpc) is 3.06. The van der Waals surface area contributed by atoms with Gasteiger partial charge in [0, 0.05) is 16.8 Å². The molecule has 0 saturated heterocycles. The van der Waals surface area contributed by atoms with Crippen molar-refractivity contribution >= 4 is 29.1 Å². The van der Waals surface area contributed by atoms with E-state index in [1.807, 2.05) is 0 Å². The number of nitrogens with one attached hydrogen (secondary N) is 1. The SMILES string of the molecule is O=C1C=C(Nc2ccc(Cl)cc2)C(=O)N1Cc1ccco1. The molecule has 0 spiro atoms. The Kier molecular flexibility index (Phi) is 3.50. The first kappa shape index (κ1) is 13.5. The number of amides is 2. The highest BCUT2D eigenvalue weighted by Crippen LogP contribution is 2.20. The number of halogens is 1. The van der Waals surface area contributed by atoms with Gasteiger partial charge in [-0.15, -0.1) is 0 Å². The Morgan fingerprint density at radius 1 is 1.14 bits per heavy atom. The van der Waals surface area contributed by atoms with E-state index in [4.69, 9.17) is 16.0 Å². The molecule has 1 aromatic heterocycles. The van der Waals surface area contributed by atoms with E-state index >= 15 is 0 Å². The van der Waals surface area contributed by atoms with Crippen LogP contribution in [0.25, 0.3) is 0 Å². The third kappa shape index (κ3) is 2.83. The summed E-state index contributed by atoms with van der Waals surface area (Å²) < 4.78 is 5.15. The highest BCUT2D eigenvalue weighted by molar-refractivity contribution is 6.30. The van der Waals surface area contributed by atoms with Gasteiger partial charge in [0.05, 0.1) is 12.8 Å². The minimum Gasteiger partial charge on any atom is -0.467 e. The fourth-order valence-electron chi connectivity index (χ4n) is 1.99. The second-order valence-corrected chi connectivity index (χ2v) is 4.94. The van der Waals surface area contributed by atoms with E-state index in [9.17, 15) is 9.59 Å². The van der Waals surface area contributed by atoms with Crippen molar-refractivity contribution in [3.8, 4) is 0 Å². The quantitative estimate of drug-likeness (QED) is 0.882. The Bertz CT molecular complexity index is 705. The molecular formula is C15H11ClN2O3. The number of imide groups is 1. The van der Waals surface area contributed by atoms with Crippen LogP contribution in [0.4, 0.5) is 5.69 Å². The minimum atomic E-state index is -0.383. The molecule has 0 atom stereocenters. The molecule has 2 aromatic rings. The van der Waals surface area contributed by atoms with Gasteiger partial charge in [0.25, 0.3) is 11.8 Å². The van der Waals surface area contributed by atoms with Crippen molar-refractivity contribution in [2.45, 2.75) is 6.54 Å². The number of carbonyl (C=O) groups is 2. The van der Waals surface area contributed by atoms with Crippen molar-refractivity contribution in [2.24, 2.45) is 0 Å². The number of furan rings is 1. The van der Waals surface area contributed by atoms with E-state index in [0.717, 1.165) is 4.90 Å². The number of hydrogen-bond donors (Lipinski definition) is 1. The topological polar surface area (TPSA) is 62.6 Å². The van der Waals surface area contributed by atoms with Crippen LogP contribution < -0.4 is 5.32 Å². The molecule has 1 aromatic carbocycles. The molecule has 3 rings (SSSR count). The summed E-state index contributed by atoms with van der Waals surface area (Å²) in [5.74, 6) is -0.197. The summed E-state index contributed by atoms with van der Waals surface area (Å²) in [4.78, 5) is 25.2. The monoisotopic (exact) mass is 302 g/mol. The van der Waals surface area contributed by atoms with Gasteiger partial charge in [-0.1, -0.05) is 11.6 Å². The number of hydrogen-bond acceptors (Lipinski definition) is 4. The zero-order valence-electron chi connectivity index (χ0n) is 10.9. The van der Waals surface area contributed by atoms with Crippen LogP contribution in [0.3, 0.4) is 0 Å². The minimum absolute atomic E-state index is 0.118. The lowest BCUT2D eigenvalue weighted by molar-refractivity contribution is -0.138. The van der Waals surface area contributed by atoms with Crippen molar-refractivity contribution in [2.75, 3.05) is 5.32 Å². The number of anilines is 1. The maximum absolute atomic E-state index is 12.2. The molecule has 0 fully saturated rings. The zero-order chi connectivity index (χ0) is 14.8. The number of carbonyl (C=O) groups excluding carboxylic acids is 2. The summed E-state index contributed by atoms with van der Waals surface area (Å²) in [7, 11) is 0. The Balaban J connectivity index is 1.73. The van der Waals surface area contributed by atoms with Gasteiger partial charge in [-0.25, -0.2) is 0 Å². The van der Waals surface area contributed by atoms with Gasteiger partial charge in [0.1, 0.15) is 11.5 Å². The maximum atomic E-state index is 12.2. The Labute approximate surface area is 125 Å². The van der Waals surface area contributed by atoms with Crippen molar-refractivity contribution < 1.29 is 14.0 Å². The molecule has 0 saturated carbocycles. The van der Waals surface area contributed by atoms with Crippen LogP contribution in [0.1, 0.15) is 5.76 Å². The van der Waals surface area contributed by atoms with Crippen LogP contribution >= 0.6 is 11.6 Å². The lowest BCUT2D eigenvalue weighted by Crippen LogP contribution is -2.31. The first-order valence-electron chi connectivity index (χ1n) is 6.26. The fourth-order valence-corrected chi connectivity index (χ4v) is 2.12. The van der Waals surface area contributed by atoms with Gasteiger partial charge in [0.2, 0.25) is 0 Å². The van der Waals surface area contributed by atoms with Crippen LogP contribution in [0.5, 0.6) is 0 Å². The Morgan fingerprint density at radius 3 is 2.57 bits per heavy atom. The van der Waals surface area contributed by atoms with E-state index in [-0.39, 0.29) is 24.1 Å². The molecule has 0 unspecified atom stereocenters. The van der Waals surface area contributed by atoms with E-state index in [1.54, 1.807) is 36.4 Å². The standard InChI is InChI=1S/C15H11ClN2O3/c16-10-3-5-11(6-4-10)17-13-8-14(19)18(15(13)20)9-12-2-1-7-21-12/h1-8,17H,9H2. The van der Waals surface area contributed by atoms with Crippen LogP contribution in [0.15, 0.2) is 58.9 Å². The predicted octanol–water partition coefficient (Wildman–Crippen LogP) is 2.80. The summed E-state index contributed by atoms with van der Waals surface area (Å²) in [5.41, 5.74) is 0.917. The molecule has 21 heavy (non-hydrogen) atoms. The summed E-state index contributed by atoms with van der Waals surface area (Å²) in [6.45, 7) is 0.118. The normalized spacial score (nSPS) is 14.5. The number of benzene rings is 1. The smallest absolute Gasteiger partial charge is 0.277 e. The second kappa shape index (κ2) is 5.46. The van der Waals surface area contributed by atoms with E-state index in [0.29, 0.717) is 16.5 Å². The lowest BCUT2D eigenvalue weighted by atomic mass is 10.3. The summed E-state index contributed by atoms with van der Waals surface area (Å²) >= 11 is 5.80. The molecule has 1 N–H and O–H groups in total. The van der Waals surface area contributed by atoms with Gasteiger partial charge in [-0.2, -0.15) is 0 Å². The number of nitrogens with zero attached hydrogens (tertiary/aromatic N) is 1. The summed E-state index contributed by atoms with van der Waals surface area (Å²) in [6, 6.07) is 10.3. The molecule has 6 heteroatoms. The van der Waals surface area contributed by atoms with E-state index in [2.05, 4.69) is 5.32 Å². The molecule has 0 radical (unpaired) electrons. The predicted molar refractivity (Wildman–Crippen MR) is 77.4 cm³/mol. The molecule has 0 bridgehead atoms. The van der Waals surface area contributed by atoms with E-state index in [1.165, 1.54) is 12.3 Å². The molecular weight excluding hydrogens is 292 g/mol. The van der Waals surface area contributed by atoms with Gasteiger partial charge >= 0.3 is 0 Å². The molecule has 0 aliphatic carbocycles. The highest BCUT2D eigenvalue weighted by atomic mass is 35.5. The van der Waals surface area contributed by atoms with Crippen molar-refractivity contribution in [1.82, 2.24) is 4.90 Å². The van der Waals surface area contributed by atoms with Crippen molar-refractivity contribution in [1.29, 1.82) is 0 Å². The molecule has 5 nitrogen and oxygen atoms in total. The molecule has 2 amide bonds. The molecule has 1 aliphatic heterocycles. The molecule has 2 heterocycles. The van der Waals surface area contributed by atoms with Crippen LogP contribution in [-0.4, -0.2) is 16.7 Å². The van der Waals surface area contributed by atoms with Gasteiger partial charge in [-0.05, 0) is 36.4 Å². The Morgan fingerprint density at radius 2 is 1.90 bits per heavy atom. The van der Waals surface area contributed by atoms with E-state index < -0.39 is 0 Å². The van der Waals surface area contributed by atoms with Gasteiger partial charge in [-0.3, -0.25) is 14.5 Å². The molecule has 1 aliphatic rings. The summed E-state index contributed by atoms with van der Waals surface area (Å²) in [5, 5.41) is 3.52. The second-order valence-electron chi connectivity index (χ2n) is 4.50. The zero-order valence-corrected chi connectivity index (χ0v) is 11.6. The van der Waals surface area contributed by atoms with Crippen LogP contribution in [0, 0.1) is 0 Å². The fraction of sp³-hybridized carbons (Fsp3) is 0.0667. The largest absolute Gasteiger partial charge is 0.467 e. The third-order valence-electron chi connectivity index (χ3n) is 3.03. The first-order chi connectivity index (χ1) is 10.1. The van der Waals surface area contributed by atoms with Crippen molar-refractivity contribution in [3.63, 3.8) is 0 Å². The van der Waals surface area contributed by atoms with Crippen molar-refractivity contribution in [3.05, 3.63) is 65.2 Å². The number of rotatable bonds is 4. The average molecular weight is 303 g/mol.